The first-order chi connectivity index (χ1) is 9.19. The van der Waals surface area contributed by atoms with Crippen molar-refractivity contribution < 1.29 is 9.90 Å². The van der Waals surface area contributed by atoms with E-state index in [0.717, 1.165) is 18.4 Å². The SMILES string of the molecule is O=C(CC1CC1)Nc1cc(C#CCCO)ccc1Cl. The Kier molecular flexibility index (Phi) is 4.84. The largest absolute Gasteiger partial charge is 0.395 e. The fourth-order valence-electron chi connectivity index (χ4n) is 1.70. The summed E-state index contributed by atoms with van der Waals surface area (Å²) in [6.07, 6.45) is 3.30. The second kappa shape index (κ2) is 6.60. The summed E-state index contributed by atoms with van der Waals surface area (Å²) < 4.78 is 0. The lowest BCUT2D eigenvalue weighted by Gasteiger charge is -2.07. The van der Waals surface area contributed by atoms with Crippen molar-refractivity contribution in [2.24, 2.45) is 5.92 Å². The summed E-state index contributed by atoms with van der Waals surface area (Å²) in [4.78, 5) is 11.7. The minimum atomic E-state index is 0.00451. The minimum Gasteiger partial charge on any atom is -0.395 e. The zero-order chi connectivity index (χ0) is 13.7. The van der Waals surface area contributed by atoms with Crippen LogP contribution < -0.4 is 5.32 Å². The molecule has 1 aliphatic rings. The fourth-order valence-corrected chi connectivity index (χ4v) is 1.87. The molecule has 2 rings (SSSR count). The number of carbonyl (C=O) groups excluding carboxylic acids is 1. The van der Waals surface area contributed by atoms with Gasteiger partial charge in [-0.05, 0) is 37.0 Å². The van der Waals surface area contributed by atoms with Gasteiger partial charge in [0.05, 0.1) is 17.3 Å². The van der Waals surface area contributed by atoms with Crippen LogP contribution in [0, 0.1) is 17.8 Å². The van der Waals surface area contributed by atoms with E-state index >= 15 is 0 Å². The summed E-state index contributed by atoms with van der Waals surface area (Å²) in [5.74, 6) is 6.31. The maximum absolute atomic E-state index is 11.7. The highest BCUT2D eigenvalue weighted by Crippen LogP contribution is 2.33. The average molecular weight is 278 g/mol. The van der Waals surface area contributed by atoms with Crippen molar-refractivity contribution in [3.05, 3.63) is 28.8 Å². The van der Waals surface area contributed by atoms with Crippen molar-refractivity contribution in [1.82, 2.24) is 0 Å². The number of aliphatic hydroxyl groups excluding tert-OH is 1. The molecular weight excluding hydrogens is 262 g/mol. The van der Waals surface area contributed by atoms with Crippen LogP contribution in [0.2, 0.25) is 5.02 Å². The third-order valence-electron chi connectivity index (χ3n) is 2.88. The molecule has 100 valence electrons. The number of benzene rings is 1. The monoisotopic (exact) mass is 277 g/mol. The van der Waals surface area contributed by atoms with Gasteiger partial charge in [-0.3, -0.25) is 4.79 Å². The van der Waals surface area contributed by atoms with Gasteiger partial charge in [0.25, 0.3) is 0 Å². The van der Waals surface area contributed by atoms with E-state index < -0.39 is 0 Å². The Morgan fingerprint density at radius 1 is 1.47 bits per heavy atom. The molecule has 19 heavy (non-hydrogen) atoms. The van der Waals surface area contributed by atoms with Crippen LogP contribution in [0.15, 0.2) is 18.2 Å². The second-order valence-corrected chi connectivity index (χ2v) is 5.07. The molecule has 2 N–H and O–H groups in total. The molecule has 0 heterocycles. The molecule has 1 saturated carbocycles. The molecule has 1 aromatic rings. The van der Waals surface area contributed by atoms with E-state index in [1.54, 1.807) is 18.2 Å². The molecule has 0 spiro atoms. The standard InChI is InChI=1S/C15H16ClNO2/c16-13-7-6-11(3-1-2-8-18)9-14(13)17-15(19)10-12-4-5-12/h6-7,9,12,18H,2,4-5,8,10H2,(H,17,19). The molecule has 1 amide bonds. The van der Waals surface area contributed by atoms with Crippen LogP contribution in [0.25, 0.3) is 0 Å². The molecule has 0 atom stereocenters. The van der Waals surface area contributed by atoms with Gasteiger partial charge in [-0.1, -0.05) is 23.4 Å². The van der Waals surface area contributed by atoms with Gasteiger partial charge in [0, 0.05) is 18.4 Å². The highest BCUT2D eigenvalue weighted by atomic mass is 35.5. The van der Waals surface area contributed by atoms with E-state index in [2.05, 4.69) is 17.2 Å². The quantitative estimate of drug-likeness (QED) is 0.832. The first-order valence-corrected chi connectivity index (χ1v) is 6.76. The Morgan fingerprint density at radius 3 is 2.95 bits per heavy atom. The van der Waals surface area contributed by atoms with E-state index in [9.17, 15) is 4.79 Å². The number of amides is 1. The zero-order valence-corrected chi connectivity index (χ0v) is 11.3. The third-order valence-corrected chi connectivity index (χ3v) is 3.21. The lowest BCUT2D eigenvalue weighted by atomic mass is 10.2. The number of aliphatic hydroxyl groups is 1. The van der Waals surface area contributed by atoms with Crippen LogP contribution >= 0.6 is 11.6 Å². The first kappa shape index (κ1) is 13.9. The van der Waals surface area contributed by atoms with Gasteiger partial charge in [-0.25, -0.2) is 0 Å². The van der Waals surface area contributed by atoms with E-state index in [4.69, 9.17) is 16.7 Å². The summed E-state index contributed by atoms with van der Waals surface area (Å²) in [6, 6.07) is 5.28. The van der Waals surface area contributed by atoms with Crippen molar-refractivity contribution in [3.63, 3.8) is 0 Å². The lowest BCUT2D eigenvalue weighted by molar-refractivity contribution is -0.116. The molecule has 4 heteroatoms. The van der Waals surface area contributed by atoms with Gasteiger partial charge in [-0.2, -0.15) is 0 Å². The van der Waals surface area contributed by atoms with Gasteiger partial charge < -0.3 is 10.4 Å². The van der Waals surface area contributed by atoms with E-state index in [0.29, 0.717) is 29.5 Å². The molecule has 1 fully saturated rings. The van der Waals surface area contributed by atoms with Crippen LogP contribution in [-0.2, 0) is 4.79 Å². The number of hydrogen-bond acceptors (Lipinski definition) is 2. The molecule has 1 aromatic carbocycles. The number of hydrogen-bond donors (Lipinski definition) is 2. The summed E-state index contributed by atoms with van der Waals surface area (Å²) in [5, 5.41) is 12.0. The maximum Gasteiger partial charge on any atom is 0.224 e. The van der Waals surface area contributed by atoms with Crippen LogP contribution in [0.4, 0.5) is 5.69 Å². The predicted molar refractivity (Wildman–Crippen MR) is 76.0 cm³/mol. The molecule has 0 aromatic heterocycles. The predicted octanol–water partition coefficient (Wildman–Crippen LogP) is 2.81. The van der Waals surface area contributed by atoms with Gasteiger partial charge in [0.15, 0.2) is 0 Å². The summed E-state index contributed by atoms with van der Waals surface area (Å²) in [6.45, 7) is 0.0472. The second-order valence-electron chi connectivity index (χ2n) is 4.67. The van der Waals surface area contributed by atoms with Crippen molar-refractivity contribution in [3.8, 4) is 11.8 Å². The van der Waals surface area contributed by atoms with Gasteiger partial charge in [-0.15, -0.1) is 0 Å². The lowest BCUT2D eigenvalue weighted by Crippen LogP contribution is -2.12. The number of halogens is 1. The Balaban J connectivity index is 2.03. The van der Waals surface area contributed by atoms with Crippen molar-refractivity contribution in [2.75, 3.05) is 11.9 Å². The van der Waals surface area contributed by atoms with Crippen molar-refractivity contribution in [1.29, 1.82) is 0 Å². The Bertz CT molecular complexity index is 527. The number of carbonyl (C=O) groups is 1. The number of anilines is 1. The minimum absolute atomic E-state index is 0.00451. The smallest absolute Gasteiger partial charge is 0.224 e. The zero-order valence-electron chi connectivity index (χ0n) is 10.6. The maximum atomic E-state index is 11.7. The van der Waals surface area contributed by atoms with Crippen LogP contribution in [0.1, 0.15) is 31.2 Å². The van der Waals surface area contributed by atoms with E-state index in [1.807, 2.05) is 0 Å². The molecule has 0 aliphatic heterocycles. The molecule has 0 unspecified atom stereocenters. The Labute approximate surface area is 118 Å². The molecule has 0 radical (unpaired) electrons. The highest BCUT2D eigenvalue weighted by molar-refractivity contribution is 6.33. The van der Waals surface area contributed by atoms with Crippen LogP contribution in [-0.4, -0.2) is 17.6 Å². The van der Waals surface area contributed by atoms with Gasteiger partial charge in [0.2, 0.25) is 5.91 Å². The molecular formula is C15H16ClNO2. The number of nitrogens with one attached hydrogen (secondary N) is 1. The van der Waals surface area contributed by atoms with Crippen molar-refractivity contribution >= 4 is 23.2 Å². The third kappa shape index (κ3) is 4.59. The molecule has 0 bridgehead atoms. The molecule has 0 saturated heterocycles. The molecule has 3 nitrogen and oxygen atoms in total. The summed E-state index contributed by atoms with van der Waals surface area (Å²) in [7, 11) is 0. The highest BCUT2D eigenvalue weighted by Gasteiger charge is 2.24. The normalized spacial score (nSPS) is 13.6. The molecule has 1 aliphatic carbocycles. The van der Waals surface area contributed by atoms with E-state index in [1.165, 1.54) is 0 Å². The van der Waals surface area contributed by atoms with Crippen LogP contribution in [0.3, 0.4) is 0 Å². The number of rotatable bonds is 4. The summed E-state index contributed by atoms with van der Waals surface area (Å²) in [5.41, 5.74) is 1.38. The van der Waals surface area contributed by atoms with Crippen molar-refractivity contribution in [2.45, 2.75) is 25.7 Å². The van der Waals surface area contributed by atoms with Gasteiger partial charge in [0.1, 0.15) is 0 Å². The first-order valence-electron chi connectivity index (χ1n) is 6.38. The average Bonchev–Trinajstić information content (AvgIpc) is 3.17. The Hall–Kier alpha value is -1.50. The summed E-state index contributed by atoms with van der Waals surface area (Å²) >= 11 is 6.05. The topological polar surface area (TPSA) is 49.3 Å². The van der Waals surface area contributed by atoms with E-state index in [-0.39, 0.29) is 12.5 Å². The van der Waals surface area contributed by atoms with Crippen LogP contribution in [0.5, 0.6) is 0 Å². The Morgan fingerprint density at radius 2 is 2.26 bits per heavy atom. The fraction of sp³-hybridized carbons (Fsp3) is 0.400. The van der Waals surface area contributed by atoms with Gasteiger partial charge >= 0.3 is 0 Å².